The van der Waals surface area contributed by atoms with Crippen LogP contribution in [0.1, 0.15) is 87.0 Å². The second-order valence-electron chi connectivity index (χ2n) is 14.7. The van der Waals surface area contributed by atoms with E-state index in [9.17, 15) is 29.7 Å². The minimum Gasteiger partial charge on any atom is -0.457 e. The number of hydrogen-bond acceptors (Lipinski definition) is 11. The first-order valence-electron chi connectivity index (χ1n) is 17.4. The van der Waals surface area contributed by atoms with Gasteiger partial charge in [-0.15, -0.1) is 0 Å². The van der Waals surface area contributed by atoms with Gasteiger partial charge in [-0.25, -0.2) is 4.79 Å². The maximum absolute atomic E-state index is 13.4. The normalized spacial score (nSPS) is 37.5. The Morgan fingerprint density at radius 1 is 1.29 bits per heavy atom. The Kier molecular flexibility index (Phi) is 12.6. The van der Waals surface area contributed by atoms with Crippen LogP contribution in [0.3, 0.4) is 0 Å². The fraction of sp³-hybridized carbons (Fsp3) is 0.750. The molecule has 4 aliphatic heterocycles. The number of carbonyl (C=O) groups is 3. The highest BCUT2D eigenvalue weighted by molar-refractivity contribution is 5.71. The zero-order valence-corrected chi connectivity index (χ0v) is 29.5. The lowest BCUT2D eigenvalue weighted by Gasteiger charge is -2.38. The molecule has 48 heavy (non-hydrogen) atoms. The van der Waals surface area contributed by atoms with Crippen LogP contribution in [0.15, 0.2) is 36.0 Å². The number of nitrogens with one attached hydrogen (secondary N) is 1. The maximum atomic E-state index is 13.4. The molecular formula is C36H56N2O10. The molecule has 4 N–H and O–H groups in total. The number of allylic oxidation sites excluding steroid dienone is 2. The van der Waals surface area contributed by atoms with Gasteiger partial charge in [0.05, 0.1) is 36.4 Å². The first-order valence-corrected chi connectivity index (χ1v) is 17.4. The van der Waals surface area contributed by atoms with Crippen LogP contribution in [0.4, 0.5) is 4.79 Å². The van der Waals surface area contributed by atoms with E-state index in [1.165, 1.54) is 6.92 Å². The van der Waals surface area contributed by atoms with Crippen molar-refractivity contribution in [3.8, 4) is 0 Å². The number of rotatable bonds is 10. The third-order valence-corrected chi connectivity index (χ3v) is 10.3. The van der Waals surface area contributed by atoms with Crippen LogP contribution in [0.5, 0.6) is 0 Å². The average molecular weight is 677 g/mol. The van der Waals surface area contributed by atoms with Crippen molar-refractivity contribution in [1.82, 2.24) is 10.2 Å². The third-order valence-electron chi connectivity index (χ3n) is 10.3. The monoisotopic (exact) mass is 676 g/mol. The van der Waals surface area contributed by atoms with Gasteiger partial charge >= 0.3 is 18.0 Å². The lowest BCUT2D eigenvalue weighted by atomic mass is 9.88. The Balaban J connectivity index is 1.50. The van der Waals surface area contributed by atoms with E-state index in [4.69, 9.17) is 18.9 Å². The van der Waals surface area contributed by atoms with Gasteiger partial charge in [-0.3, -0.25) is 9.59 Å². The molecule has 3 saturated heterocycles. The van der Waals surface area contributed by atoms with Crippen molar-refractivity contribution in [2.75, 3.05) is 13.1 Å². The lowest BCUT2D eigenvalue weighted by Crippen LogP contribution is -2.52. The first-order chi connectivity index (χ1) is 22.5. The summed E-state index contributed by atoms with van der Waals surface area (Å²) in [5.41, 5.74) is -1.80. The molecule has 3 fully saturated rings. The van der Waals surface area contributed by atoms with E-state index in [0.29, 0.717) is 31.5 Å². The Labute approximate surface area is 284 Å². The Morgan fingerprint density at radius 2 is 2.02 bits per heavy atom. The Hall–Kier alpha value is -2.77. The minimum atomic E-state index is -1.32. The average Bonchev–Trinajstić information content (AvgIpc) is 3.40. The molecule has 12 atom stereocenters. The molecule has 12 heteroatoms. The van der Waals surface area contributed by atoms with E-state index in [1.807, 2.05) is 27.7 Å². The van der Waals surface area contributed by atoms with Gasteiger partial charge in [-0.1, -0.05) is 45.1 Å². The molecule has 0 saturated carbocycles. The summed E-state index contributed by atoms with van der Waals surface area (Å²) in [6.45, 7) is 13.4. The molecule has 0 radical (unpaired) electrons. The highest BCUT2D eigenvalue weighted by atomic mass is 16.6. The van der Waals surface area contributed by atoms with Crippen molar-refractivity contribution in [3.05, 3.63) is 36.0 Å². The number of ether oxygens (including phenoxy) is 4. The molecule has 0 spiro atoms. The topological polar surface area (TPSA) is 167 Å². The smallest absolute Gasteiger partial charge is 0.410 e. The van der Waals surface area contributed by atoms with Crippen LogP contribution < -0.4 is 5.32 Å². The van der Waals surface area contributed by atoms with Crippen LogP contribution in [0.2, 0.25) is 0 Å². The quantitative estimate of drug-likeness (QED) is 0.0881. The molecule has 0 aliphatic carbocycles. The van der Waals surface area contributed by atoms with Gasteiger partial charge in [0.2, 0.25) is 0 Å². The molecule has 4 heterocycles. The van der Waals surface area contributed by atoms with Crippen molar-refractivity contribution in [2.45, 2.75) is 147 Å². The summed E-state index contributed by atoms with van der Waals surface area (Å²) in [5.74, 6) is -1.55. The number of aliphatic hydroxyl groups is 3. The summed E-state index contributed by atoms with van der Waals surface area (Å²) in [7, 11) is 0. The number of aliphatic hydroxyl groups excluding tert-OH is 2. The molecule has 1 amide bonds. The van der Waals surface area contributed by atoms with Gasteiger partial charge in [0, 0.05) is 50.4 Å². The van der Waals surface area contributed by atoms with E-state index in [1.54, 1.807) is 49.1 Å². The molecular weight excluding hydrogens is 620 g/mol. The van der Waals surface area contributed by atoms with Crippen LogP contribution in [-0.2, 0) is 28.5 Å². The Bertz CT molecular complexity index is 1250. The zero-order chi connectivity index (χ0) is 35.4. The van der Waals surface area contributed by atoms with E-state index < -0.39 is 59.6 Å². The van der Waals surface area contributed by atoms with E-state index in [2.05, 4.69) is 5.32 Å². The van der Waals surface area contributed by atoms with Crippen LogP contribution in [0, 0.1) is 11.8 Å². The molecule has 0 aromatic carbocycles. The van der Waals surface area contributed by atoms with Crippen LogP contribution in [-0.4, -0.2) is 111 Å². The summed E-state index contributed by atoms with van der Waals surface area (Å²) in [6.07, 6.45) is 6.48. The molecule has 2 bridgehead atoms. The fourth-order valence-corrected chi connectivity index (χ4v) is 7.12. The number of epoxide rings is 1. The van der Waals surface area contributed by atoms with Gasteiger partial charge in [-0.2, -0.15) is 0 Å². The predicted octanol–water partition coefficient (Wildman–Crippen LogP) is 3.33. The van der Waals surface area contributed by atoms with Crippen LogP contribution >= 0.6 is 0 Å². The minimum absolute atomic E-state index is 0.0196. The van der Waals surface area contributed by atoms with Crippen molar-refractivity contribution < 1.29 is 48.7 Å². The number of carbonyl (C=O) groups excluding carboxylic acids is 3. The number of esters is 2. The van der Waals surface area contributed by atoms with E-state index in [-0.39, 0.29) is 49.5 Å². The van der Waals surface area contributed by atoms with E-state index >= 15 is 0 Å². The van der Waals surface area contributed by atoms with E-state index in [0.717, 1.165) is 6.42 Å². The molecule has 270 valence electrons. The summed E-state index contributed by atoms with van der Waals surface area (Å²) in [5, 5.41) is 35.4. The molecule has 4 aliphatic rings. The van der Waals surface area contributed by atoms with Crippen molar-refractivity contribution in [3.63, 3.8) is 0 Å². The zero-order valence-electron chi connectivity index (χ0n) is 29.5. The van der Waals surface area contributed by atoms with Gasteiger partial charge < -0.3 is 44.5 Å². The van der Waals surface area contributed by atoms with Gasteiger partial charge in [0.25, 0.3) is 0 Å². The third kappa shape index (κ3) is 9.90. The number of piperazine rings is 1. The first kappa shape index (κ1) is 38.0. The van der Waals surface area contributed by atoms with Gasteiger partial charge in [0.1, 0.15) is 6.10 Å². The molecule has 1 unspecified atom stereocenters. The number of amides is 1. The predicted molar refractivity (Wildman–Crippen MR) is 178 cm³/mol. The van der Waals surface area contributed by atoms with Crippen molar-refractivity contribution in [1.29, 1.82) is 0 Å². The fourth-order valence-electron chi connectivity index (χ4n) is 7.12. The summed E-state index contributed by atoms with van der Waals surface area (Å²) in [4.78, 5) is 40.4. The molecule has 12 nitrogen and oxygen atoms in total. The highest BCUT2D eigenvalue weighted by Crippen LogP contribution is 2.38. The van der Waals surface area contributed by atoms with Crippen LogP contribution in [0.25, 0.3) is 0 Å². The van der Waals surface area contributed by atoms with Gasteiger partial charge in [-0.05, 0) is 58.1 Å². The maximum Gasteiger partial charge on any atom is 0.410 e. The summed E-state index contributed by atoms with van der Waals surface area (Å²) in [6, 6.07) is 0.267. The Morgan fingerprint density at radius 3 is 2.65 bits per heavy atom. The van der Waals surface area contributed by atoms with Crippen molar-refractivity contribution in [2.24, 2.45) is 11.8 Å². The second-order valence-corrected chi connectivity index (χ2v) is 14.7. The lowest BCUT2D eigenvalue weighted by molar-refractivity contribution is -0.158. The molecule has 4 rings (SSSR count). The number of likely N-dealkylation sites (tertiary alicyclic amines) is 1. The summed E-state index contributed by atoms with van der Waals surface area (Å²) >= 11 is 0. The standard InChI is InChI=1S/C36H56N2O10/c1-8-28(41)23(4)33-29(46-33)18-35(6,44)14-9-10-21(2)32-22(3)11-12-30(45-24(5)39)36(7,15-13-27(40)17-31(42)47-32)48-34(43)38-20-25-16-26(38)19-37-25/h9-12,14,22-23,25-30,32-33,37,40-41,44H,8,13,15-20H2,1-7H3/b12-11+,14-9+,21-10+/t22-,23+,25+,26+,27+,28-,29+,30-,32+,33+,35?,36+/m0/s1. The SMILES string of the molecule is CC[C@H](O)[C@@H](C)[C@H]1O[C@@H]1CC(C)(O)/C=C/C=C(\C)[C@H]1OC(=O)C[C@H](O)CC[C@@](C)(OC(=O)N2C[C@H]3C[C@@H]2CN3)[C@@H](OC(C)=O)/C=C/[C@@H]1C. The van der Waals surface area contributed by atoms with Gasteiger partial charge in [0.15, 0.2) is 11.7 Å². The molecule has 0 aromatic rings. The second kappa shape index (κ2) is 15.8. The van der Waals surface area contributed by atoms with Crippen molar-refractivity contribution >= 4 is 18.0 Å². The molecule has 0 aromatic heterocycles. The number of hydrogen-bond donors (Lipinski definition) is 4. The number of fused-ring (bicyclic) bond motifs is 2. The highest BCUT2D eigenvalue weighted by Gasteiger charge is 2.48. The summed E-state index contributed by atoms with van der Waals surface area (Å²) < 4.78 is 23.4. The number of cyclic esters (lactones) is 1. The number of nitrogens with zero attached hydrogens (tertiary/aromatic N) is 1. The largest absolute Gasteiger partial charge is 0.457 e.